The lowest BCUT2D eigenvalue weighted by molar-refractivity contribution is 0.101. The van der Waals surface area contributed by atoms with E-state index in [1.54, 1.807) is 16.8 Å². The van der Waals surface area contributed by atoms with Gasteiger partial charge in [-0.15, -0.1) is 5.10 Å². The largest absolute Gasteiger partial charge is 0.494 e. The first-order chi connectivity index (χ1) is 15.4. The number of hydrogen-bond donors (Lipinski definition) is 1. The Morgan fingerprint density at radius 1 is 0.969 bits per heavy atom. The van der Waals surface area contributed by atoms with Gasteiger partial charge in [0, 0.05) is 11.3 Å². The molecule has 0 bridgehead atoms. The van der Waals surface area contributed by atoms with Crippen molar-refractivity contribution in [3.8, 4) is 22.8 Å². The molecule has 0 aliphatic rings. The minimum atomic E-state index is -0.368. The van der Waals surface area contributed by atoms with Gasteiger partial charge in [-0.2, -0.15) is 0 Å². The highest BCUT2D eigenvalue weighted by molar-refractivity contribution is 6.01. The van der Waals surface area contributed by atoms with E-state index in [-0.39, 0.29) is 11.7 Å². The van der Waals surface area contributed by atoms with Gasteiger partial charge in [-0.05, 0) is 75.2 Å². The number of carbonyl (C=O) groups is 1. The lowest BCUT2D eigenvalue weighted by atomic mass is 10.1. The number of hydrogen-bond acceptors (Lipinski definition) is 4. The fraction of sp³-hybridized carbons (Fsp3) is 0.192. The molecule has 0 radical (unpaired) electrons. The lowest BCUT2D eigenvalue weighted by Gasteiger charge is -2.10. The number of rotatable bonds is 6. The van der Waals surface area contributed by atoms with Crippen molar-refractivity contribution in [2.45, 2.75) is 27.7 Å². The minimum absolute atomic E-state index is 0.108. The zero-order chi connectivity index (χ0) is 22.7. The molecule has 0 saturated carbocycles. The molecule has 6 nitrogen and oxygen atoms in total. The molecule has 0 fully saturated rings. The number of amides is 1. The van der Waals surface area contributed by atoms with Gasteiger partial charge in [-0.1, -0.05) is 35.9 Å². The van der Waals surface area contributed by atoms with Gasteiger partial charge in [0.25, 0.3) is 5.91 Å². The van der Waals surface area contributed by atoms with Gasteiger partial charge in [-0.25, -0.2) is 9.67 Å². The molecular formula is C26H26N4O2. The van der Waals surface area contributed by atoms with Crippen LogP contribution in [0.15, 0.2) is 66.7 Å². The number of aryl methyl sites for hydroxylation is 3. The Balaban J connectivity index is 1.73. The van der Waals surface area contributed by atoms with Crippen LogP contribution in [0.5, 0.6) is 5.75 Å². The molecule has 4 rings (SSSR count). The van der Waals surface area contributed by atoms with Crippen molar-refractivity contribution in [2.75, 3.05) is 11.9 Å². The molecular weight excluding hydrogens is 400 g/mol. The summed E-state index contributed by atoms with van der Waals surface area (Å²) in [5, 5.41) is 7.48. The van der Waals surface area contributed by atoms with Crippen LogP contribution in [0.1, 0.15) is 34.2 Å². The highest BCUT2D eigenvalue weighted by Crippen LogP contribution is 2.25. The second-order valence-electron chi connectivity index (χ2n) is 7.74. The lowest BCUT2D eigenvalue weighted by Crippen LogP contribution is -2.14. The fourth-order valence-electron chi connectivity index (χ4n) is 3.48. The summed E-state index contributed by atoms with van der Waals surface area (Å²) in [6.07, 6.45) is 0. The number of benzene rings is 3. The number of nitrogens with one attached hydrogen (secondary N) is 1. The number of aromatic nitrogens is 3. The highest BCUT2D eigenvalue weighted by atomic mass is 16.5. The van der Waals surface area contributed by atoms with E-state index in [0.29, 0.717) is 18.1 Å². The van der Waals surface area contributed by atoms with E-state index in [1.165, 1.54) is 0 Å². The van der Waals surface area contributed by atoms with Crippen LogP contribution in [-0.2, 0) is 0 Å². The van der Waals surface area contributed by atoms with Crippen molar-refractivity contribution in [2.24, 2.45) is 0 Å². The van der Waals surface area contributed by atoms with Gasteiger partial charge in [-0.3, -0.25) is 4.79 Å². The van der Waals surface area contributed by atoms with Crippen molar-refractivity contribution >= 4 is 11.6 Å². The number of carbonyl (C=O) groups excluding carboxylic acids is 1. The number of anilines is 1. The molecule has 0 atom stereocenters. The molecule has 4 aromatic rings. The monoisotopic (exact) mass is 426 g/mol. The maximum absolute atomic E-state index is 13.0. The summed E-state index contributed by atoms with van der Waals surface area (Å²) >= 11 is 0. The molecule has 0 unspecified atom stereocenters. The summed E-state index contributed by atoms with van der Waals surface area (Å²) in [6, 6.07) is 21.4. The van der Waals surface area contributed by atoms with Crippen LogP contribution >= 0.6 is 0 Å². The van der Waals surface area contributed by atoms with Crippen LogP contribution in [0.3, 0.4) is 0 Å². The van der Waals surface area contributed by atoms with Gasteiger partial charge in [0.15, 0.2) is 5.82 Å². The zero-order valence-corrected chi connectivity index (χ0v) is 18.7. The van der Waals surface area contributed by atoms with Gasteiger partial charge in [0.1, 0.15) is 5.75 Å². The Morgan fingerprint density at radius 2 is 1.72 bits per heavy atom. The summed E-state index contributed by atoms with van der Waals surface area (Å²) in [7, 11) is 0. The topological polar surface area (TPSA) is 69.0 Å². The predicted molar refractivity (Wildman–Crippen MR) is 127 cm³/mol. The standard InChI is InChI=1S/C26H26N4O2/c1-5-32-22-13-11-21(12-14-22)27-26(31)24-28-25(20-8-6-7-17(2)15-20)30(29-24)23-16-18(3)9-10-19(23)4/h6-16H,5H2,1-4H3,(H,27,31). The number of ether oxygens (including phenoxy) is 1. The third-order valence-corrected chi connectivity index (χ3v) is 5.10. The van der Waals surface area contributed by atoms with Crippen LogP contribution in [0, 0.1) is 20.8 Å². The minimum Gasteiger partial charge on any atom is -0.494 e. The van der Waals surface area contributed by atoms with Crippen molar-refractivity contribution in [3.63, 3.8) is 0 Å². The van der Waals surface area contributed by atoms with Gasteiger partial charge < -0.3 is 10.1 Å². The maximum Gasteiger partial charge on any atom is 0.295 e. The molecule has 6 heteroatoms. The molecule has 0 aliphatic heterocycles. The van der Waals surface area contributed by atoms with E-state index in [0.717, 1.165) is 33.7 Å². The molecule has 1 heterocycles. The smallest absolute Gasteiger partial charge is 0.295 e. The van der Waals surface area contributed by atoms with E-state index in [9.17, 15) is 4.79 Å². The first-order valence-corrected chi connectivity index (χ1v) is 10.6. The quantitative estimate of drug-likeness (QED) is 0.441. The summed E-state index contributed by atoms with van der Waals surface area (Å²) in [5.74, 6) is 1.12. The Morgan fingerprint density at radius 3 is 2.44 bits per heavy atom. The zero-order valence-electron chi connectivity index (χ0n) is 18.7. The van der Waals surface area contributed by atoms with E-state index in [2.05, 4.69) is 27.5 Å². The van der Waals surface area contributed by atoms with Crippen molar-refractivity contribution in [1.82, 2.24) is 14.8 Å². The number of nitrogens with zero attached hydrogens (tertiary/aromatic N) is 3. The van der Waals surface area contributed by atoms with Crippen molar-refractivity contribution < 1.29 is 9.53 Å². The second kappa shape index (κ2) is 9.06. The summed E-state index contributed by atoms with van der Waals surface area (Å²) < 4.78 is 7.21. The highest BCUT2D eigenvalue weighted by Gasteiger charge is 2.20. The fourth-order valence-corrected chi connectivity index (χ4v) is 3.48. The molecule has 0 saturated heterocycles. The van der Waals surface area contributed by atoms with E-state index in [1.807, 2.05) is 70.2 Å². The van der Waals surface area contributed by atoms with Crippen molar-refractivity contribution in [1.29, 1.82) is 0 Å². The van der Waals surface area contributed by atoms with Crippen LogP contribution in [-0.4, -0.2) is 27.3 Å². The predicted octanol–water partition coefficient (Wildman–Crippen LogP) is 5.51. The SMILES string of the molecule is CCOc1ccc(NC(=O)c2nc(-c3cccc(C)c3)n(-c3cc(C)ccc3C)n2)cc1. The first-order valence-electron chi connectivity index (χ1n) is 10.6. The van der Waals surface area contributed by atoms with Crippen molar-refractivity contribution in [3.05, 3.63) is 89.2 Å². The maximum atomic E-state index is 13.0. The Kier molecular flexibility index (Phi) is 6.03. The molecule has 32 heavy (non-hydrogen) atoms. The van der Waals surface area contributed by atoms with Gasteiger partial charge in [0.2, 0.25) is 5.82 Å². The molecule has 1 amide bonds. The molecule has 3 aromatic carbocycles. The Hall–Kier alpha value is -3.93. The molecule has 0 spiro atoms. The van der Waals surface area contributed by atoms with E-state index in [4.69, 9.17) is 4.74 Å². The summed E-state index contributed by atoms with van der Waals surface area (Å²) in [4.78, 5) is 17.6. The van der Waals surface area contributed by atoms with E-state index >= 15 is 0 Å². The molecule has 162 valence electrons. The third-order valence-electron chi connectivity index (χ3n) is 5.10. The van der Waals surface area contributed by atoms with Gasteiger partial charge >= 0.3 is 0 Å². The third kappa shape index (κ3) is 4.54. The summed E-state index contributed by atoms with van der Waals surface area (Å²) in [6.45, 7) is 8.61. The normalized spacial score (nSPS) is 10.8. The van der Waals surface area contributed by atoms with Crippen LogP contribution < -0.4 is 10.1 Å². The van der Waals surface area contributed by atoms with Gasteiger partial charge in [0.05, 0.1) is 12.3 Å². The van der Waals surface area contributed by atoms with Crippen LogP contribution in [0.2, 0.25) is 0 Å². The second-order valence-corrected chi connectivity index (χ2v) is 7.74. The van der Waals surface area contributed by atoms with E-state index < -0.39 is 0 Å². The van der Waals surface area contributed by atoms with Crippen LogP contribution in [0.4, 0.5) is 5.69 Å². The molecule has 1 aromatic heterocycles. The average Bonchev–Trinajstić information content (AvgIpc) is 3.22. The molecule has 1 N–H and O–H groups in total. The first kappa shape index (κ1) is 21.3. The molecule has 0 aliphatic carbocycles. The average molecular weight is 427 g/mol. The van der Waals surface area contributed by atoms with Crippen LogP contribution in [0.25, 0.3) is 17.1 Å². The Bertz CT molecular complexity index is 1260. The Labute approximate surface area is 187 Å². The summed E-state index contributed by atoms with van der Waals surface area (Å²) in [5.41, 5.74) is 5.72.